The molecule has 2 aliphatic heterocycles. The Morgan fingerprint density at radius 2 is 1.02 bits per heavy atom. The van der Waals surface area contributed by atoms with E-state index in [0.717, 1.165) is 27.2 Å². The molecule has 2 amide bonds. The maximum atomic E-state index is 13.2. The lowest BCUT2D eigenvalue weighted by Crippen LogP contribution is -2.66. The van der Waals surface area contributed by atoms with Crippen molar-refractivity contribution in [3.8, 4) is 0 Å². The molecule has 9 nitrogen and oxygen atoms in total. The number of likely N-dealkylation sites (tertiary alicyclic amines) is 1. The largest absolute Gasteiger partial charge is 0.383 e. The van der Waals surface area contributed by atoms with Crippen molar-refractivity contribution in [2.24, 2.45) is 0 Å². The highest BCUT2D eigenvalue weighted by Crippen LogP contribution is 2.34. The first-order valence-electron chi connectivity index (χ1n) is 15.8. The minimum Gasteiger partial charge on any atom is -0.383 e. The Hall–Kier alpha value is -4.22. The third-order valence-electron chi connectivity index (χ3n) is 8.27. The van der Waals surface area contributed by atoms with Gasteiger partial charge in [0, 0.05) is 0 Å². The van der Waals surface area contributed by atoms with Crippen LogP contribution in [-0.4, -0.2) is 65.2 Å². The second-order valence-electron chi connectivity index (χ2n) is 11.7. The van der Waals surface area contributed by atoms with Gasteiger partial charge in [-0.2, -0.15) is 0 Å². The third kappa shape index (κ3) is 8.39. The first-order valence-corrected chi connectivity index (χ1v) is 15.8. The highest BCUT2D eigenvalue weighted by atomic mass is 16.6. The van der Waals surface area contributed by atoms with E-state index in [-0.39, 0.29) is 32.8 Å². The molecule has 0 spiro atoms. The second-order valence-corrected chi connectivity index (χ2v) is 11.7. The molecular formula is C38H39NO8. The highest BCUT2D eigenvalue weighted by Gasteiger charge is 2.55. The van der Waals surface area contributed by atoms with E-state index in [0.29, 0.717) is 6.61 Å². The maximum absolute atomic E-state index is 13.2. The minimum absolute atomic E-state index is 0.0836. The summed E-state index contributed by atoms with van der Waals surface area (Å²) in [7, 11) is 0. The normalized spacial score (nSPS) is 24.5. The molecule has 2 fully saturated rings. The molecule has 0 aromatic heterocycles. The monoisotopic (exact) mass is 637 g/mol. The van der Waals surface area contributed by atoms with Crippen molar-refractivity contribution >= 4 is 11.8 Å². The molecule has 47 heavy (non-hydrogen) atoms. The number of carbonyl (C=O) groups is 2. The van der Waals surface area contributed by atoms with Gasteiger partial charge in [-0.05, 0) is 22.3 Å². The van der Waals surface area contributed by atoms with Gasteiger partial charge >= 0.3 is 0 Å². The zero-order chi connectivity index (χ0) is 32.4. The van der Waals surface area contributed by atoms with Crippen molar-refractivity contribution in [2.45, 2.75) is 69.6 Å². The molecule has 0 radical (unpaired) electrons. The molecule has 1 N–H and O–H groups in total. The van der Waals surface area contributed by atoms with Crippen LogP contribution in [0.1, 0.15) is 28.7 Å². The highest BCUT2D eigenvalue weighted by molar-refractivity contribution is 6.05. The topological polar surface area (TPSA) is 104 Å². The van der Waals surface area contributed by atoms with Crippen LogP contribution in [0.25, 0.3) is 0 Å². The van der Waals surface area contributed by atoms with E-state index in [9.17, 15) is 14.7 Å². The van der Waals surface area contributed by atoms with Crippen LogP contribution in [0.2, 0.25) is 0 Å². The van der Waals surface area contributed by atoms with Crippen molar-refractivity contribution in [3.05, 3.63) is 144 Å². The second kappa shape index (κ2) is 16.1. The summed E-state index contributed by atoms with van der Waals surface area (Å²) in [5.74, 6) is -1.28. The van der Waals surface area contributed by atoms with Crippen LogP contribution in [0.5, 0.6) is 0 Å². The number of imide groups is 1. The molecule has 2 heterocycles. The molecule has 0 aliphatic carbocycles. The smallest absolute Gasteiger partial charge is 0.260 e. The standard InChI is InChI=1S/C38H39NO8/c40-31-21-33(41)39(37(31)42)38-36(46-25-30-19-11-4-12-20-30)35(45-24-29-17-9-3-10-18-29)34(44-23-28-15-7-2-8-16-28)32(47-38)26-43-22-27-13-5-1-6-14-27/h1-20,31-32,34-36,38,40H,21-26H2/t31-,32+,34+,35-,36+,38+/m0/s1. The average Bonchev–Trinajstić information content (AvgIpc) is 3.37. The van der Waals surface area contributed by atoms with Crippen LogP contribution in [0.4, 0.5) is 0 Å². The Morgan fingerprint density at radius 1 is 0.596 bits per heavy atom. The van der Waals surface area contributed by atoms with Gasteiger partial charge in [0.2, 0.25) is 5.91 Å². The molecule has 9 heteroatoms. The number of rotatable bonds is 14. The Balaban J connectivity index is 1.35. The quantitative estimate of drug-likeness (QED) is 0.197. The zero-order valence-corrected chi connectivity index (χ0v) is 26.0. The van der Waals surface area contributed by atoms with Crippen LogP contribution in [0, 0.1) is 0 Å². The summed E-state index contributed by atoms with van der Waals surface area (Å²) in [6.45, 7) is 1.04. The summed E-state index contributed by atoms with van der Waals surface area (Å²) >= 11 is 0. The van der Waals surface area contributed by atoms with E-state index in [1.165, 1.54) is 0 Å². The molecule has 0 unspecified atom stereocenters. The van der Waals surface area contributed by atoms with E-state index in [2.05, 4.69) is 0 Å². The zero-order valence-electron chi connectivity index (χ0n) is 26.0. The Morgan fingerprint density at radius 3 is 1.47 bits per heavy atom. The summed E-state index contributed by atoms with van der Waals surface area (Å²) in [5, 5.41) is 10.4. The molecule has 0 saturated carbocycles. The number of aliphatic hydroxyl groups excluding tert-OH is 1. The van der Waals surface area contributed by atoms with Gasteiger partial charge in [-0.1, -0.05) is 121 Å². The lowest BCUT2D eigenvalue weighted by atomic mass is 9.96. The lowest BCUT2D eigenvalue weighted by molar-refractivity contribution is -0.293. The average molecular weight is 638 g/mol. The minimum atomic E-state index is -1.45. The molecule has 2 aliphatic rings. The number of ether oxygens (including phenoxy) is 5. The van der Waals surface area contributed by atoms with Crippen molar-refractivity contribution < 1.29 is 38.4 Å². The number of aliphatic hydroxyl groups is 1. The molecule has 4 aromatic carbocycles. The first kappa shape index (κ1) is 32.7. The number of amides is 2. The predicted molar refractivity (Wildman–Crippen MR) is 172 cm³/mol. The van der Waals surface area contributed by atoms with Crippen molar-refractivity contribution in [1.82, 2.24) is 4.90 Å². The van der Waals surface area contributed by atoms with Gasteiger partial charge in [0.25, 0.3) is 5.91 Å². The van der Waals surface area contributed by atoms with Crippen molar-refractivity contribution in [3.63, 3.8) is 0 Å². The van der Waals surface area contributed by atoms with Crippen molar-refractivity contribution in [1.29, 1.82) is 0 Å². The number of hydrogen-bond acceptors (Lipinski definition) is 8. The molecule has 244 valence electrons. The van der Waals surface area contributed by atoms with Gasteiger partial charge < -0.3 is 28.8 Å². The predicted octanol–water partition coefficient (Wildman–Crippen LogP) is 4.80. The van der Waals surface area contributed by atoms with Crippen LogP contribution in [0.15, 0.2) is 121 Å². The number of carbonyl (C=O) groups excluding carboxylic acids is 2. The number of benzene rings is 4. The van der Waals surface area contributed by atoms with Crippen LogP contribution in [0.3, 0.4) is 0 Å². The Kier molecular flexibility index (Phi) is 11.2. The van der Waals surface area contributed by atoms with E-state index < -0.39 is 48.6 Å². The molecule has 2 saturated heterocycles. The van der Waals surface area contributed by atoms with Gasteiger partial charge in [0.05, 0.1) is 39.5 Å². The fourth-order valence-corrected chi connectivity index (χ4v) is 5.87. The fraction of sp³-hybridized carbons (Fsp3) is 0.316. The first-order chi connectivity index (χ1) is 23.1. The molecule has 6 atom stereocenters. The van der Waals surface area contributed by atoms with E-state index in [1.54, 1.807) is 0 Å². The van der Waals surface area contributed by atoms with E-state index in [4.69, 9.17) is 23.7 Å². The summed E-state index contributed by atoms with van der Waals surface area (Å²) in [5.41, 5.74) is 3.76. The van der Waals surface area contributed by atoms with Crippen LogP contribution in [-0.2, 0) is 59.7 Å². The SMILES string of the molecule is O=C1C[C@H](O)C(=O)N1[C@@H]1O[C@H](COCc2ccccc2)[C@@H](OCc2ccccc2)[C@H](OCc2ccccc2)[C@H]1OCc1ccccc1. The maximum Gasteiger partial charge on any atom is 0.260 e. The third-order valence-corrected chi connectivity index (χ3v) is 8.27. The van der Waals surface area contributed by atoms with E-state index in [1.807, 2.05) is 121 Å². The van der Waals surface area contributed by atoms with Crippen LogP contribution < -0.4 is 0 Å². The lowest BCUT2D eigenvalue weighted by Gasteiger charge is -2.48. The number of hydrogen-bond donors (Lipinski definition) is 1. The molecule has 6 rings (SSSR count). The summed E-state index contributed by atoms with van der Waals surface area (Å²) in [4.78, 5) is 27.4. The fourth-order valence-electron chi connectivity index (χ4n) is 5.87. The van der Waals surface area contributed by atoms with Gasteiger partial charge in [-0.15, -0.1) is 0 Å². The Bertz CT molecular complexity index is 1560. The molecule has 0 bridgehead atoms. The summed E-state index contributed by atoms with van der Waals surface area (Å²) in [6, 6.07) is 38.8. The van der Waals surface area contributed by atoms with Gasteiger partial charge in [-0.3, -0.25) is 14.5 Å². The van der Waals surface area contributed by atoms with Gasteiger partial charge in [0.15, 0.2) is 6.23 Å². The molecular weight excluding hydrogens is 598 g/mol. The molecule has 4 aromatic rings. The summed E-state index contributed by atoms with van der Waals surface area (Å²) in [6.07, 6.45) is -6.22. The summed E-state index contributed by atoms with van der Waals surface area (Å²) < 4.78 is 32.6. The van der Waals surface area contributed by atoms with Gasteiger partial charge in [0.1, 0.15) is 30.5 Å². The van der Waals surface area contributed by atoms with E-state index >= 15 is 0 Å². The van der Waals surface area contributed by atoms with Gasteiger partial charge in [-0.25, -0.2) is 0 Å². The van der Waals surface area contributed by atoms with Crippen molar-refractivity contribution in [2.75, 3.05) is 6.61 Å². The number of nitrogens with zero attached hydrogens (tertiary/aromatic N) is 1. The van der Waals surface area contributed by atoms with Crippen LogP contribution >= 0.6 is 0 Å². The Labute approximate surface area is 274 Å².